The van der Waals surface area contributed by atoms with E-state index in [9.17, 15) is 14.0 Å². The molecule has 0 bridgehead atoms. The molecule has 1 aliphatic rings. The van der Waals surface area contributed by atoms with Crippen molar-refractivity contribution < 1.29 is 18.7 Å². The molecule has 0 saturated carbocycles. The van der Waals surface area contributed by atoms with Crippen molar-refractivity contribution >= 4 is 27.8 Å². The summed E-state index contributed by atoms with van der Waals surface area (Å²) in [4.78, 5) is 26.4. The Morgan fingerprint density at radius 2 is 1.96 bits per heavy atom. The van der Waals surface area contributed by atoms with Crippen molar-refractivity contribution in [1.82, 2.24) is 4.90 Å². The first-order valence-corrected chi connectivity index (χ1v) is 9.20. The van der Waals surface area contributed by atoms with Gasteiger partial charge in [-0.1, -0.05) is 49.4 Å². The lowest BCUT2D eigenvalue weighted by molar-refractivity contribution is -0.122. The minimum Gasteiger partial charge on any atom is -0.445 e. The van der Waals surface area contributed by atoms with Crippen LogP contribution >= 0.6 is 15.9 Å². The maximum atomic E-state index is 14.3. The lowest BCUT2D eigenvalue weighted by Gasteiger charge is -2.23. The normalized spacial score (nSPS) is 19.7. The Morgan fingerprint density at radius 3 is 2.69 bits per heavy atom. The first kappa shape index (κ1) is 18.6. The number of likely N-dealkylation sites (tertiary alicyclic amines) is 1. The first-order chi connectivity index (χ1) is 12.5. The van der Waals surface area contributed by atoms with Gasteiger partial charge < -0.3 is 4.74 Å². The zero-order chi connectivity index (χ0) is 18.7. The molecule has 1 saturated heterocycles. The van der Waals surface area contributed by atoms with E-state index in [-0.39, 0.29) is 31.3 Å². The van der Waals surface area contributed by atoms with Gasteiger partial charge in [-0.2, -0.15) is 0 Å². The number of rotatable bonds is 4. The molecule has 0 radical (unpaired) electrons. The molecule has 0 N–H and O–H groups in total. The number of Topliss-reactive ketones (excluding diaryl/α,β-unsaturated/α-hetero) is 1. The lowest BCUT2D eigenvalue weighted by Crippen LogP contribution is -2.40. The van der Waals surface area contributed by atoms with Crippen LogP contribution in [0, 0.1) is 11.7 Å². The van der Waals surface area contributed by atoms with E-state index in [1.54, 1.807) is 25.1 Å². The molecule has 6 heteroatoms. The van der Waals surface area contributed by atoms with E-state index in [0.29, 0.717) is 10.0 Å². The van der Waals surface area contributed by atoms with Gasteiger partial charge in [-0.25, -0.2) is 9.18 Å². The number of hydrogen-bond donors (Lipinski definition) is 0. The summed E-state index contributed by atoms with van der Waals surface area (Å²) >= 11 is 3.15. The molecule has 136 valence electrons. The predicted molar refractivity (Wildman–Crippen MR) is 99.1 cm³/mol. The third kappa shape index (κ3) is 3.96. The minimum absolute atomic E-state index is 0.0685. The second-order valence-corrected chi connectivity index (χ2v) is 7.28. The second-order valence-electron chi connectivity index (χ2n) is 6.43. The van der Waals surface area contributed by atoms with E-state index >= 15 is 0 Å². The highest BCUT2D eigenvalue weighted by Gasteiger charge is 2.41. The Balaban J connectivity index is 1.73. The molecule has 1 aliphatic heterocycles. The Kier molecular flexibility index (Phi) is 5.71. The van der Waals surface area contributed by atoms with E-state index in [1.807, 2.05) is 30.3 Å². The zero-order valence-corrected chi connectivity index (χ0v) is 15.9. The quantitative estimate of drug-likeness (QED) is 0.739. The molecule has 1 fully saturated rings. The number of halogens is 2. The highest BCUT2D eigenvalue weighted by Crippen LogP contribution is 2.26. The van der Waals surface area contributed by atoms with Crippen LogP contribution in [0.4, 0.5) is 9.18 Å². The van der Waals surface area contributed by atoms with Crippen LogP contribution in [-0.4, -0.2) is 29.4 Å². The Bertz CT molecular complexity index is 812. The van der Waals surface area contributed by atoms with Crippen LogP contribution in [0.3, 0.4) is 0 Å². The van der Waals surface area contributed by atoms with Gasteiger partial charge in [0.25, 0.3) is 0 Å². The van der Waals surface area contributed by atoms with Crippen LogP contribution < -0.4 is 0 Å². The molecule has 1 unspecified atom stereocenters. The predicted octanol–water partition coefficient (Wildman–Crippen LogP) is 4.36. The molecule has 0 aliphatic carbocycles. The van der Waals surface area contributed by atoms with E-state index in [4.69, 9.17) is 4.74 Å². The number of carbonyl (C=O) groups excluding carboxylic acids is 2. The van der Waals surface area contributed by atoms with E-state index < -0.39 is 18.0 Å². The van der Waals surface area contributed by atoms with Crippen molar-refractivity contribution in [2.45, 2.75) is 26.0 Å². The molecule has 4 nitrogen and oxygen atoms in total. The maximum Gasteiger partial charge on any atom is 0.410 e. The van der Waals surface area contributed by atoms with Gasteiger partial charge in [0.05, 0.1) is 10.5 Å². The summed E-state index contributed by atoms with van der Waals surface area (Å²) in [6, 6.07) is 13.6. The maximum absolute atomic E-state index is 14.3. The van der Waals surface area contributed by atoms with Crippen LogP contribution in [0.25, 0.3) is 0 Å². The number of nitrogens with zero attached hydrogens (tertiary/aromatic N) is 1. The number of carbonyl (C=O) groups is 2. The van der Waals surface area contributed by atoms with E-state index in [0.717, 1.165) is 5.56 Å². The van der Waals surface area contributed by atoms with Crippen molar-refractivity contribution in [2.24, 2.45) is 5.92 Å². The lowest BCUT2D eigenvalue weighted by atomic mass is 9.99. The van der Waals surface area contributed by atoms with Crippen molar-refractivity contribution in [3.63, 3.8) is 0 Å². The van der Waals surface area contributed by atoms with Crippen molar-refractivity contribution in [1.29, 1.82) is 0 Å². The van der Waals surface area contributed by atoms with Crippen LogP contribution in [0.5, 0.6) is 0 Å². The van der Waals surface area contributed by atoms with Gasteiger partial charge in [0.2, 0.25) is 0 Å². The highest BCUT2D eigenvalue weighted by atomic mass is 79.9. The molecule has 26 heavy (non-hydrogen) atoms. The van der Waals surface area contributed by atoms with Gasteiger partial charge in [-0.3, -0.25) is 9.69 Å². The molecule has 0 aromatic heterocycles. The van der Waals surface area contributed by atoms with Gasteiger partial charge in [0.15, 0.2) is 5.78 Å². The number of amides is 1. The standard InChI is InChI=1S/C20H19BrFNO3/c1-13-11-23(20(25)26-12-14-6-3-2-4-7-14)17(19(13)24)10-15-8-5-9-16(21)18(15)22/h2-9,13,17H,10-12H2,1H3/t13-,17?/m0/s1. The number of hydrogen-bond acceptors (Lipinski definition) is 3. The molecule has 0 spiro atoms. The summed E-state index contributed by atoms with van der Waals surface area (Å²) in [5.74, 6) is -0.766. The largest absolute Gasteiger partial charge is 0.445 e. The van der Waals surface area contributed by atoms with E-state index in [2.05, 4.69) is 15.9 Å². The third-order valence-corrected chi connectivity index (χ3v) is 5.16. The second kappa shape index (κ2) is 7.99. The summed E-state index contributed by atoms with van der Waals surface area (Å²) in [5, 5.41) is 0. The monoisotopic (exact) mass is 419 g/mol. The van der Waals surface area contributed by atoms with Crippen LogP contribution in [0.2, 0.25) is 0 Å². The van der Waals surface area contributed by atoms with Crippen LogP contribution in [0.15, 0.2) is 53.0 Å². The fourth-order valence-corrected chi connectivity index (χ4v) is 3.53. The summed E-state index contributed by atoms with van der Waals surface area (Å²) in [7, 11) is 0. The SMILES string of the molecule is C[C@H]1CN(C(=O)OCc2ccccc2)C(Cc2cccc(Br)c2F)C1=O. The van der Waals surface area contributed by atoms with Gasteiger partial charge in [0.1, 0.15) is 12.4 Å². The Hall–Kier alpha value is -2.21. The smallest absolute Gasteiger partial charge is 0.410 e. The van der Waals surface area contributed by atoms with Gasteiger partial charge in [0, 0.05) is 18.9 Å². The number of ether oxygens (including phenoxy) is 1. The van der Waals surface area contributed by atoms with Crippen molar-refractivity contribution in [2.75, 3.05) is 6.54 Å². The molecular weight excluding hydrogens is 401 g/mol. The fourth-order valence-electron chi connectivity index (χ4n) is 3.12. The van der Waals surface area contributed by atoms with Crippen LogP contribution in [0.1, 0.15) is 18.1 Å². The zero-order valence-electron chi connectivity index (χ0n) is 14.3. The summed E-state index contributed by atoms with van der Waals surface area (Å²) in [5.41, 5.74) is 1.27. The average molecular weight is 420 g/mol. The van der Waals surface area contributed by atoms with Gasteiger partial charge >= 0.3 is 6.09 Å². The first-order valence-electron chi connectivity index (χ1n) is 8.41. The van der Waals surface area contributed by atoms with Gasteiger partial charge in [-0.05, 0) is 33.1 Å². The summed E-state index contributed by atoms with van der Waals surface area (Å²) in [6.07, 6.45) is -0.415. The van der Waals surface area contributed by atoms with Crippen LogP contribution in [-0.2, 0) is 22.6 Å². The van der Waals surface area contributed by atoms with Crippen molar-refractivity contribution in [3.8, 4) is 0 Å². The Labute approximate surface area is 160 Å². The van der Waals surface area contributed by atoms with Crippen molar-refractivity contribution in [3.05, 3.63) is 69.9 Å². The highest BCUT2D eigenvalue weighted by molar-refractivity contribution is 9.10. The summed E-state index contributed by atoms with van der Waals surface area (Å²) < 4.78 is 20.0. The molecule has 2 atom stereocenters. The fraction of sp³-hybridized carbons (Fsp3) is 0.300. The van der Waals surface area contributed by atoms with E-state index in [1.165, 1.54) is 4.90 Å². The summed E-state index contributed by atoms with van der Waals surface area (Å²) in [6.45, 7) is 2.19. The molecule has 3 rings (SSSR count). The third-order valence-electron chi connectivity index (χ3n) is 4.55. The van der Waals surface area contributed by atoms with Gasteiger partial charge in [-0.15, -0.1) is 0 Å². The Morgan fingerprint density at radius 1 is 1.23 bits per heavy atom. The molecule has 1 heterocycles. The molecule has 2 aromatic rings. The minimum atomic E-state index is -0.711. The average Bonchev–Trinajstić information content (AvgIpc) is 2.93. The topological polar surface area (TPSA) is 46.6 Å². The molecule has 1 amide bonds. The number of benzene rings is 2. The molecule has 2 aromatic carbocycles. The number of ketones is 1. The molecular formula is C20H19BrFNO3.